The number of ketones is 1. The van der Waals surface area contributed by atoms with Crippen LogP contribution in [0.25, 0.3) is 6.08 Å². The molecular weight excluding hydrogens is 276 g/mol. The van der Waals surface area contributed by atoms with Crippen LogP contribution in [-0.4, -0.2) is 19.0 Å². The number of rotatable bonds is 4. The van der Waals surface area contributed by atoms with Gasteiger partial charge < -0.3 is 9.47 Å². The van der Waals surface area contributed by atoms with Crippen molar-refractivity contribution < 1.29 is 14.3 Å². The molecule has 1 heterocycles. The number of ether oxygens (including phenoxy) is 2. The van der Waals surface area contributed by atoms with Gasteiger partial charge in [0.2, 0.25) is 0 Å². The molecule has 0 N–H and O–H groups in total. The molecule has 0 fully saturated rings. The Morgan fingerprint density at radius 3 is 2.68 bits per heavy atom. The lowest BCUT2D eigenvalue weighted by Crippen LogP contribution is -2.18. The van der Waals surface area contributed by atoms with Crippen LogP contribution in [-0.2, 0) is 0 Å². The fourth-order valence-corrected chi connectivity index (χ4v) is 2.36. The Balaban J connectivity index is 1.80. The lowest BCUT2D eigenvalue weighted by atomic mass is 9.98. The maximum absolute atomic E-state index is 12.5. The van der Waals surface area contributed by atoms with Crippen molar-refractivity contribution in [1.29, 1.82) is 0 Å². The molecule has 0 bridgehead atoms. The van der Waals surface area contributed by atoms with Crippen LogP contribution in [0.1, 0.15) is 29.3 Å². The molecule has 112 valence electrons. The summed E-state index contributed by atoms with van der Waals surface area (Å²) in [6.45, 7) is 3.10. The molecule has 1 aliphatic heterocycles. The van der Waals surface area contributed by atoms with Gasteiger partial charge in [-0.3, -0.25) is 4.79 Å². The van der Waals surface area contributed by atoms with Crippen molar-refractivity contribution in [2.24, 2.45) is 0 Å². The summed E-state index contributed by atoms with van der Waals surface area (Å²) in [5.74, 6) is 1.54. The largest absolute Gasteiger partial charge is 0.494 e. The molecule has 0 amide bonds. The minimum atomic E-state index is 0.0353. The zero-order valence-electron chi connectivity index (χ0n) is 12.5. The van der Waals surface area contributed by atoms with E-state index < -0.39 is 0 Å². The normalized spacial score (nSPS) is 15.3. The van der Waals surface area contributed by atoms with Crippen molar-refractivity contribution in [3.8, 4) is 11.5 Å². The van der Waals surface area contributed by atoms with Gasteiger partial charge >= 0.3 is 0 Å². The van der Waals surface area contributed by atoms with Crippen LogP contribution >= 0.6 is 0 Å². The third kappa shape index (κ3) is 3.03. The third-order valence-electron chi connectivity index (χ3n) is 3.50. The molecule has 0 saturated carbocycles. The first kappa shape index (κ1) is 14.4. The Morgan fingerprint density at radius 2 is 1.91 bits per heavy atom. The van der Waals surface area contributed by atoms with Crippen molar-refractivity contribution in [2.45, 2.75) is 13.3 Å². The van der Waals surface area contributed by atoms with Crippen LogP contribution in [0.5, 0.6) is 11.5 Å². The summed E-state index contributed by atoms with van der Waals surface area (Å²) in [4.78, 5) is 12.5. The molecule has 0 saturated heterocycles. The van der Waals surface area contributed by atoms with E-state index in [0.29, 0.717) is 30.1 Å². The summed E-state index contributed by atoms with van der Waals surface area (Å²) >= 11 is 0. The maximum atomic E-state index is 12.5. The van der Waals surface area contributed by atoms with Crippen LogP contribution in [0.4, 0.5) is 0 Å². The van der Waals surface area contributed by atoms with Crippen LogP contribution in [0.15, 0.2) is 54.1 Å². The molecule has 0 radical (unpaired) electrons. The number of hydrogen-bond donors (Lipinski definition) is 0. The van der Waals surface area contributed by atoms with Gasteiger partial charge in [-0.25, -0.2) is 0 Å². The summed E-state index contributed by atoms with van der Waals surface area (Å²) < 4.78 is 11.2. The second-order valence-corrected chi connectivity index (χ2v) is 5.20. The van der Waals surface area contributed by atoms with Gasteiger partial charge in [0.1, 0.15) is 18.1 Å². The summed E-state index contributed by atoms with van der Waals surface area (Å²) in [7, 11) is 0. The van der Waals surface area contributed by atoms with Gasteiger partial charge in [-0.1, -0.05) is 31.2 Å². The fourth-order valence-electron chi connectivity index (χ4n) is 2.36. The van der Waals surface area contributed by atoms with E-state index in [1.807, 2.05) is 48.5 Å². The van der Waals surface area contributed by atoms with Crippen LogP contribution in [0, 0.1) is 0 Å². The lowest BCUT2D eigenvalue weighted by Gasteiger charge is -2.18. The number of carbonyl (C=O) groups is 1. The first-order valence-corrected chi connectivity index (χ1v) is 7.48. The van der Waals surface area contributed by atoms with Crippen molar-refractivity contribution in [2.75, 3.05) is 13.2 Å². The summed E-state index contributed by atoms with van der Waals surface area (Å²) in [6.07, 6.45) is 2.86. The Labute approximate surface area is 130 Å². The standard InChI is InChI=1S/C19H18O3/c1-2-11-21-16-9-7-14(8-10-16)12-15-13-22-18-6-4-3-5-17(18)19(15)20/h3-10,12H,2,11,13H2,1H3/b15-12+. The lowest BCUT2D eigenvalue weighted by molar-refractivity contribution is 0.100. The topological polar surface area (TPSA) is 35.5 Å². The summed E-state index contributed by atoms with van der Waals surface area (Å²) in [5, 5.41) is 0. The molecule has 2 aromatic rings. The van der Waals surface area contributed by atoms with Crippen LogP contribution < -0.4 is 9.47 Å². The number of para-hydroxylation sites is 1. The minimum Gasteiger partial charge on any atom is -0.494 e. The van der Waals surface area contributed by atoms with Gasteiger partial charge in [-0.05, 0) is 42.3 Å². The molecule has 3 heteroatoms. The van der Waals surface area contributed by atoms with Crippen LogP contribution in [0.2, 0.25) is 0 Å². The van der Waals surface area contributed by atoms with Gasteiger partial charge in [-0.15, -0.1) is 0 Å². The molecule has 22 heavy (non-hydrogen) atoms. The highest BCUT2D eigenvalue weighted by atomic mass is 16.5. The predicted octanol–water partition coefficient (Wildman–Crippen LogP) is 4.13. The summed E-state index contributed by atoms with van der Waals surface area (Å²) in [6, 6.07) is 15.1. The molecule has 0 unspecified atom stereocenters. The molecule has 2 aromatic carbocycles. The van der Waals surface area contributed by atoms with Gasteiger partial charge in [0.25, 0.3) is 0 Å². The second-order valence-electron chi connectivity index (χ2n) is 5.20. The molecule has 0 aliphatic carbocycles. The van der Waals surface area contributed by atoms with Gasteiger partial charge in [0.05, 0.1) is 12.2 Å². The van der Waals surface area contributed by atoms with E-state index in [-0.39, 0.29) is 5.78 Å². The molecule has 0 spiro atoms. The smallest absolute Gasteiger partial charge is 0.196 e. The average molecular weight is 294 g/mol. The second kappa shape index (κ2) is 6.48. The summed E-state index contributed by atoms with van der Waals surface area (Å²) in [5.41, 5.74) is 2.26. The quantitative estimate of drug-likeness (QED) is 0.795. The van der Waals surface area contributed by atoms with Crippen molar-refractivity contribution in [3.63, 3.8) is 0 Å². The Hall–Kier alpha value is -2.55. The number of carbonyl (C=O) groups excluding carboxylic acids is 1. The van der Waals surface area contributed by atoms with Crippen molar-refractivity contribution >= 4 is 11.9 Å². The zero-order chi connectivity index (χ0) is 15.4. The monoisotopic (exact) mass is 294 g/mol. The Kier molecular flexibility index (Phi) is 4.24. The highest BCUT2D eigenvalue weighted by Gasteiger charge is 2.22. The Bertz CT molecular complexity index is 699. The molecular formula is C19H18O3. The van der Waals surface area contributed by atoms with E-state index in [1.165, 1.54) is 0 Å². The highest BCUT2D eigenvalue weighted by Crippen LogP contribution is 2.27. The van der Waals surface area contributed by atoms with E-state index in [2.05, 4.69) is 6.92 Å². The van der Waals surface area contributed by atoms with Crippen LogP contribution in [0.3, 0.4) is 0 Å². The zero-order valence-corrected chi connectivity index (χ0v) is 12.5. The maximum Gasteiger partial charge on any atom is 0.196 e. The molecule has 3 rings (SSSR count). The minimum absolute atomic E-state index is 0.0353. The van der Waals surface area contributed by atoms with Crippen molar-refractivity contribution in [1.82, 2.24) is 0 Å². The van der Waals surface area contributed by atoms with Gasteiger partial charge in [-0.2, -0.15) is 0 Å². The Morgan fingerprint density at radius 1 is 1.14 bits per heavy atom. The average Bonchev–Trinajstić information content (AvgIpc) is 2.57. The highest BCUT2D eigenvalue weighted by molar-refractivity contribution is 6.14. The fraction of sp³-hybridized carbons (Fsp3) is 0.211. The number of hydrogen-bond acceptors (Lipinski definition) is 3. The molecule has 3 nitrogen and oxygen atoms in total. The third-order valence-corrected chi connectivity index (χ3v) is 3.50. The first-order chi connectivity index (χ1) is 10.8. The van der Waals surface area contributed by atoms with Gasteiger partial charge in [0, 0.05) is 5.57 Å². The van der Waals surface area contributed by atoms with Gasteiger partial charge in [0.15, 0.2) is 5.78 Å². The van der Waals surface area contributed by atoms with E-state index >= 15 is 0 Å². The first-order valence-electron chi connectivity index (χ1n) is 7.48. The van der Waals surface area contributed by atoms with Crippen molar-refractivity contribution in [3.05, 3.63) is 65.2 Å². The number of Topliss-reactive ketones (excluding diaryl/α,β-unsaturated/α-hetero) is 1. The predicted molar refractivity (Wildman–Crippen MR) is 86.5 cm³/mol. The number of fused-ring (bicyclic) bond motifs is 1. The number of benzene rings is 2. The van der Waals surface area contributed by atoms with E-state index in [1.54, 1.807) is 6.07 Å². The van der Waals surface area contributed by atoms with E-state index in [9.17, 15) is 4.79 Å². The molecule has 0 atom stereocenters. The molecule has 1 aliphatic rings. The van der Waals surface area contributed by atoms with E-state index in [0.717, 1.165) is 17.7 Å². The SMILES string of the molecule is CCCOc1ccc(/C=C2\COc3ccccc3C2=O)cc1. The molecule has 0 aromatic heterocycles. The van der Waals surface area contributed by atoms with E-state index in [4.69, 9.17) is 9.47 Å².